The fourth-order valence-electron chi connectivity index (χ4n) is 19.3. The molecule has 6 saturated heterocycles. The van der Waals surface area contributed by atoms with Gasteiger partial charge >= 0.3 is 10.2 Å². The number of rotatable bonds is 26. The van der Waals surface area contributed by atoms with Crippen LogP contribution in [0.3, 0.4) is 0 Å². The van der Waals surface area contributed by atoms with Crippen molar-refractivity contribution < 1.29 is 81.0 Å². The first-order valence-corrected chi connectivity index (χ1v) is 53.7. The van der Waals surface area contributed by atoms with Crippen LogP contribution >= 0.6 is 0 Å². The van der Waals surface area contributed by atoms with Crippen molar-refractivity contribution in [2.24, 2.45) is 29.6 Å². The Morgan fingerprint density at radius 3 is 1.37 bits per heavy atom. The summed E-state index contributed by atoms with van der Waals surface area (Å²) in [6, 6.07) is 35.7. The Labute approximate surface area is 844 Å². The van der Waals surface area contributed by atoms with Crippen LogP contribution in [0.5, 0.6) is 17.4 Å². The molecule has 42 heteroatoms. The highest BCUT2D eigenvalue weighted by Crippen LogP contribution is 2.45. The van der Waals surface area contributed by atoms with Gasteiger partial charge in [-0.05, 0) is 232 Å². The summed E-state index contributed by atoms with van der Waals surface area (Å²) in [5.74, 6) is 1.43. The maximum absolute atomic E-state index is 14.6. The number of halogens is 1. The summed E-state index contributed by atoms with van der Waals surface area (Å²) >= 11 is 0. The number of nitrogens with zero attached hydrogens (tertiary/aromatic N) is 13. The van der Waals surface area contributed by atoms with Gasteiger partial charge in [-0.2, -0.15) is 43.0 Å². The summed E-state index contributed by atoms with van der Waals surface area (Å²) in [6.45, 7) is 41.6. The molecule has 10 N–H and O–H groups in total. The number of nitrogens with one attached hydrogen (secondary N) is 4. The Hall–Kier alpha value is -12.8. The number of amides is 5. The molecule has 0 radical (unpaired) electrons. The lowest BCUT2D eigenvalue weighted by atomic mass is 9.87. The molecule has 6 aliphatic rings. The molecule has 5 amide bonds. The average molecular weight is 2060 g/mol. The highest BCUT2D eigenvalue weighted by Gasteiger charge is 2.46. The average Bonchev–Trinajstić information content (AvgIpc) is 1.53. The summed E-state index contributed by atoms with van der Waals surface area (Å²) in [7, 11) is -12.1. The normalized spacial score (nSPS) is 19.7. The largest absolute Gasteiger partial charge is 0.497 e. The van der Waals surface area contributed by atoms with Gasteiger partial charge < -0.3 is 60.6 Å². The van der Waals surface area contributed by atoms with Crippen molar-refractivity contribution in [2.75, 3.05) is 117 Å². The predicted octanol–water partition coefficient (Wildman–Crippen LogP) is 13.5. The summed E-state index contributed by atoms with van der Waals surface area (Å²) in [4.78, 5) is 106. The van der Waals surface area contributed by atoms with Crippen molar-refractivity contribution in [3.8, 4) is 28.6 Å². The van der Waals surface area contributed by atoms with Crippen molar-refractivity contribution in [1.82, 2.24) is 63.0 Å². The lowest BCUT2D eigenvalue weighted by Gasteiger charge is -2.35. The molecule has 6 fully saturated rings. The van der Waals surface area contributed by atoms with E-state index in [4.69, 9.17) is 51.1 Å². The van der Waals surface area contributed by atoms with E-state index in [0.717, 1.165) is 61.3 Å². The molecule has 0 bridgehead atoms. The molecule has 776 valence electrons. The molecule has 6 atom stereocenters. The van der Waals surface area contributed by atoms with Crippen LogP contribution in [0.4, 0.5) is 45.1 Å². The Bertz CT molecular complexity index is 6780. The SMILES string of the molecule is CC(=O)N(C)C1CCN(S(=O)(=O)NC(=O)c2ccc(-c3cc(F)cc(OCC(C)C)c3)nc2N2CC(C)CC2(C)C)C1.COc1ccc(/C=C/c2cc(C(=O)NS(=O)(=O)c3cccc(N)n3)c(N3C[C@@H](C)CC3(C)C)nc2C(C)(C)C)cc1.COc1ccc(C(=O)NS(=O)(=O)c2cccc(N)n2)c(N2C[C@@H](C)CC2(C)C)n1.C[C@@H]1CN(c2nc(C3CCOC3)ccc2C(=O)NS(=O)(=O)c2cccc(N)n2)C(C)(C)C1. The van der Waals surface area contributed by atoms with Crippen molar-refractivity contribution >= 4 is 123 Å². The van der Waals surface area contributed by atoms with Gasteiger partial charge in [-0.1, -0.05) is 105 Å². The molecule has 9 aromatic rings. The molecule has 37 nitrogen and oxygen atoms in total. The van der Waals surface area contributed by atoms with E-state index in [1.807, 2.05) is 60.1 Å². The number of likely N-dealkylation sites (N-methyl/N-ethyl adjacent to an activating group) is 1. The lowest BCUT2D eigenvalue weighted by Crippen LogP contribution is -2.45. The van der Waals surface area contributed by atoms with Gasteiger partial charge in [-0.15, -0.1) is 0 Å². The standard InChI is InChI=1S/C31H39N5O4S.C30H42FN5O5S.C22H29N5O4S.C19H25N5O4S/c1-20-18-31(5,6)36(19-20)28-24(29(37)35-41(38,39)26-10-8-9-25(32)33-26)17-22(27(34-28)30(2,3)4)14-11-21-12-15-23(40-7)16-13-21;1-19(2)18-41-25-13-22(12-23(31)14-25)27-9-8-26(28(32-27)36-16-20(3)15-30(36,5)6)29(38)33-42(39,40)35-11-10-24(17-35)34(7)21(4)37;1-14-11-22(2,3)27(12-14)20-16(7-8-17(24-20)15-9-10-31-13-15)21(28)26-32(29,30)19-6-4-5-18(23)25-19;1-12-10-19(2,3)24(11-12)17-13(8-9-15(22-17)28-4)18(25)23-29(26,27)16-7-5-6-14(20)21-16/h8-17,20H,18-19H2,1-7H3,(H2,32,33)(H,35,37);8-9,12-14,19-20,24H,10-11,15-18H2,1-7H3,(H,33,38);4-8,14-15H,9-13H2,1-3H3,(H2,23,25)(H,26,28);5-9,12H,10-11H2,1-4H3,(H2,20,21)(H,23,25)/b14-11+;;;/t20-;;14-,15?;12-/m0.00/s1. The van der Waals surface area contributed by atoms with E-state index < -0.39 is 69.7 Å². The van der Waals surface area contributed by atoms with E-state index in [9.17, 15) is 62.0 Å². The maximum Gasteiger partial charge on any atom is 0.304 e. The minimum absolute atomic E-state index is 0.0379. The number of anilines is 7. The van der Waals surface area contributed by atoms with E-state index in [-0.39, 0.29) is 119 Å². The van der Waals surface area contributed by atoms with Gasteiger partial charge in [0.15, 0.2) is 15.1 Å². The van der Waals surface area contributed by atoms with E-state index in [1.165, 1.54) is 108 Å². The Kier molecular flexibility index (Phi) is 33.6. The van der Waals surface area contributed by atoms with Gasteiger partial charge in [0.2, 0.25) is 11.8 Å². The van der Waals surface area contributed by atoms with Gasteiger partial charge in [-0.3, -0.25) is 24.0 Å². The second-order valence-corrected chi connectivity index (χ2v) is 48.4. The third-order valence-electron chi connectivity index (χ3n) is 26.0. The molecule has 0 aliphatic carbocycles. The number of nitrogen functional groups attached to an aromatic ring is 3. The van der Waals surface area contributed by atoms with Crippen LogP contribution < -0.4 is 69.9 Å². The van der Waals surface area contributed by atoms with Crippen LogP contribution in [0.25, 0.3) is 23.4 Å². The number of nitrogens with two attached hydrogens (primary N) is 3. The Morgan fingerprint density at radius 1 is 0.514 bits per heavy atom. The second kappa shape index (κ2) is 44.0. The molecule has 0 spiro atoms. The minimum atomic E-state index is -4.29. The number of ether oxygens (including phenoxy) is 4. The third kappa shape index (κ3) is 26.7. The predicted molar refractivity (Wildman–Crippen MR) is 554 cm³/mol. The minimum Gasteiger partial charge on any atom is -0.497 e. The summed E-state index contributed by atoms with van der Waals surface area (Å²) < 4.78 is 150. The highest BCUT2D eigenvalue weighted by molar-refractivity contribution is 7.90. The molecule has 3 unspecified atom stereocenters. The van der Waals surface area contributed by atoms with Crippen LogP contribution in [-0.2, 0) is 55.2 Å². The highest BCUT2D eigenvalue weighted by atomic mass is 32.2. The molecule has 6 aliphatic heterocycles. The first-order chi connectivity index (χ1) is 67.3. The Morgan fingerprint density at radius 2 is 0.951 bits per heavy atom. The van der Waals surface area contributed by atoms with Gasteiger partial charge in [0.1, 0.15) is 58.0 Å². The molecular formula is C102H135FN20O17S4. The number of methoxy groups -OCH3 is 2. The zero-order valence-electron chi connectivity index (χ0n) is 85.6. The topological polar surface area (TPSA) is 495 Å². The van der Waals surface area contributed by atoms with Gasteiger partial charge in [0.25, 0.3) is 53.7 Å². The molecule has 13 heterocycles. The van der Waals surface area contributed by atoms with Crippen molar-refractivity contribution in [1.29, 1.82) is 0 Å². The van der Waals surface area contributed by atoms with E-state index in [2.05, 4.69) is 152 Å². The Balaban J connectivity index is 0.000000173. The van der Waals surface area contributed by atoms with Gasteiger partial charge in [0, 0.05) is 123 Å². The fourth-order valence-corrected chi connectivity index (χ4v) is 23.4. The van der Waals surface area contributed by atoms with E-state index >= 15 is 0 Å². The number of hydrogen-bond donors (Lipinski definition) is 7. The van der Waals surface area contributed by atoms with Crippen molar-refractivity contribution in [3.05, 3.63) is 190 Å². The van der Waals surface area contributed by atoms with E-state index in [0.29, 0.717) is 121 Å². The number of aromatic nitrogens is 7. The third-order valence-corrected chi connectivity index (χ3v) is 31.2. The quantitative estimate of drug-likeness (QED) is 0.0265. The van der Waals surface area contributed by atoms with Crippen LogP contribution in [-0.4, -0.2) is 216 Å². The smallest absolute Gasteiger partial charge is 0.304 e. The molecule has 15 rings (SSSR count). The molecule has 2 aromatic carbocycles. The van der Waals surface area contributed by atoms with Crippen LogP contribution in [0.15, 0.2) is 155 Å². The molecule has 144 heavy (non-hydrogen) atoms. The van der Waals surface area contributed by atoms with E-state index in [1.54, 1.807) is 44.5 Å². The molecular weight excluding hydrogens is 1920 g/mol. The number of carbonyl (C=O) groups is 5. The zero-order chi connectivity index (χ0) is 106. The van der Waals surface area contributed by atoms with Gasteiger partial charge in [-0.25, -0.2) is 53.2 Å². The fraction of sp³-hybridized carbons (Fsp3) is 0.471. The lowest BCUT2D eigenvalue weighted by molar-refractivity contribution is -0.129. The number of carbonyl (C=O) groups excluding carboxylic acids is 5. The molecule has 0 saturated carbocycles. The summed E-state index contributed by atoms with van der Waals surface area (Å²) in [6.07, 6.45) is 8.80. The first kappa shape index (κ1) is 110. The first-order valence-electron chi connectivity index (χ1n) is 47.8. The monoisotopic (exact) mass is 2060 g/mol. The second-order valence-electron chi connectivity index (χ2n) is 41.8. The van der Waals surface area contributed by atoms with Crippen LogP contribution in [0.1, 0.15) is 233 Å². The number of hydrogen-bond acceptors (Lipinski definition) is 31. The van der Waals surface area contributed by atoms with Crippen molar-refractivity contribution in [2.45, 2.75) is 218 Å². The van der Waals surface area contributed by atoms with Gasteiger partial charge in [0.05, 0.1) is 61.1 Å². The van der Waals surface area contributed by atoms with Crippen LogP contribution in [0, 0.1) is 35.4 Å². The zero-order valence-corrected chi connectivity index (χ0v) is 88.8. The van der Waals surface area contributed by atoms with Crippen molar-refractivity contribution in [3.63, 3.8) is 0 Å². The summed E-state index contributed by atoms with van der Waals surface area (Å²) in [5, 5.41) is -0.972. The number of sulfonamides is 3. The number of pyridine rings is 7. The molecule has 7 aromatic heterocycles. The number of benzene rings is 2. The maximum atomic E-state index is 14.6. The summed E-state index contributed by atoms with van der Waals surface area (Å²) in [5.41, 5.74) is 20.2. The van der Waals surface area contributed by atoms with Crippen LogP contribution in [0.2, 0.25) is 0 Å².